The first-order chi connectivity index (χ1) is 6.92. The van der Waals surface area contributed by atoms with Crippen molar-refractivity contribution in [3.05, 3.63) is 0 Å². The Morgan fingerprint density at radius 1 is 1.53 bits per heavy atom. The molecule has 0 amide bonds. The first kappa shape index (κ1) is 12.9. The lowest BCUT2D eigenvalue weighted by Gasteiger charge is -2.37. The Bertz CT molecular complexity index is 290. The van der Waals surface area contributed by atoms with Crippen molar-refractivity contribution < 1.29 is 8.42 Å². The normalized spacial score (nSPS) is 26.5. The van der Waals surface area contributed by atoms with Crippen LogP contribution < -0.4 is 5.32 Å². The average molecular weight is 234 g/mol. The maximum Gasteiger partial charge on any atom is 0.148 e. The molecule has 0 aromatic carbocycles. The van der Waals surface area contributed by atoms with Crippen LogP contribution in [0, 0.1) is 0 Å². The summed E-state index contributed by atoms with van der Waals surface area (Å²) in [6.07, 6.45) is 2.41. The minimum Gasteiger partial charge on any atom is -0.311 e. The standard InChI is InChI=1S/C10H22N2O2S/c1-4-10-7-12(6-5-11-10)9(2)8-15(3,13)14/h9-11H,4-8H2,1-3H3. The van der Waals surface area contributed by atoms with E-state index < -0.39 is 9.84 Å². The highest BCUT2D eigenvalue weighted by atomic mass is 32.2. The van der Waals surface area contributed by atoms with Gasteiger partial charge in [0.25, 0.3) is 0 Å². The lowest BCUT2D eigenvalue weighted by atomic mass is 10.1. The van der Waals surface area contributed by atoms with E-state index in [1.165, 1.54) is 6.26 Å². The second kappa shape index (κ2) is 5.27. The van der Waals surface area contributed by atoms with E-state index in [0.717, 1.165) is 26.1 Å². The Labute approximate surface area is 93.0 Å². The number of nitrogens with one attached hydrogen (secondary N) is 1. The summed E-state index contributed by atoms with van der Waals surface area (Å²) in [5.74, 6) is 0.267. The van der Waals surface area contributed by atoms with Crippen molar-refractivity contribution in [1.82, 2.24) is 10.2 Å². The van der Waals surface area contributed by atoms with Gasteiger partial charge in [-0.25, -0.2) is 8.42 Å². The van der Waals surface area contributed by atoms with Crippen LogP contribution in [-0.2, 0) is 9.84 Å². The van der Waals surface area contributed by atoms with Crippen molar-refractivity contribution in [1.29, 1.82) is 0 Å². The zero-order chi connectivity index (χ0) is 11.5. The van der Waals surface area contributed by atoms with Crippen molar-refractivity contribution in [3.63, 3.8) is 0 Å². The van der Waals surface area contributed by atoms with E-state index in [4.69, 9.17) is 0 Å². The molecule has 1 aliphatic heterocycles. The molecule has 4 nitrogen and oxygen atoms in total. The summed E-state index contributed by atoms with van der Waals surface area (Å²) < 4.78 is 22.4. The molecule has 1 heterocycles. The SMILES string of the molecule is CCC1CN(C(C)CS(C)(=O)=O)CCN1. The topological polar surface area (TPSA) is 49.4 Å². The molecular weight excluding hydrogens is 212 g/mol. The fourth-order valence-corrected chi connectivity index (χ4v) is 3.16. The molecule has 0 spiro atoms. The highest BCUT2D eigenvalue weighted by molar-refractivity contribution is 7.90. The van der Waals surface area contributed by atoms with Crippen LogP contribution in [0.15, 0.2) is 0 Å². The second-order valence-corrected chi connectivity index (χ2v) is 6.68. The van der Waals surface area contributed by atoms with Crippen molar-refractivity contribution in [2.45, 2.75) is 32.4 Å². The Hall–Kier alpha value is -0.130. The van der Waals surface area contributed by atoms with Gasteiger partial charge in [0.05, 0.1) is 5.75 Å². The highest BCUT2D eigenvalue weighted by Gasteiger charge is 2.23. The van der Waals surface area contributed by atoms with E-state index in [1.807, 2.05) is 6.92 Å². The smallest absolute Gasteiger partial charge is 0.148 e. The fraction of sp³-hybridized carbons (Fsp3) is 1.00. The molecule has 1 rings (SSSR count). The van der Waals surface area contributed by atoms with Gasteiger partial charge in [0, 0.05) is 38.0 Å². The molecule has 5 heteroatoms. The Balaban J connectivity index is 2.48. The van der Waals surface area contributed by atoms with Gasteiger partial charge in [-0.3, -0.25) is 4.90 Å². The minimum atomic E-state index is -2.86. The summed E-state index contributed by atoms with van der Waals surface area (Å²) in [4.78, 5) is 2.27. The van der Waals surface area contributed by atoms with Crippen LogP contribution in [0.1, 0.15) is 20.3 Å². The van der Waals surface area contributed by atoms with E-state index in [0.29, 0.717) is 6.04 Å². The predicted molar refractivity (Wildman–Crippen MR) is 62.8 cm³/mol. The van der Waals surface area contributed by atoms with Gasteiger partial charge >= 0.3 is 0 Å². The monoisotopic (exact) mass is 234 g/mol. The van der Waals surface area contributed by atoms with Crippen LogP contribution in [0.4, 0.5) is 0 Å². The molecule has 1 fully saturated rings. The van der Waals surface area contributed by atoms with Crippen molar-refractivity contribution in [3.8, 4) is 0 Å². The summed E-state index contributed by atoms with van der Waals surface area (Å²) in [6.45, 7) is 7.04. The van der Waals surface area contributed by atoms with E-state index in [1.54, 1.807) is 0 Å². The van der Waals surface area contributed by atoms with Crippen LogP contribution >= 0.6 is 0 Å². The number of hydrogen-bond donors (Lipinski definition) is 1. The number of piperazine rings is 1. The molecule has 2 unspecified atom stereocenters. The van der Waals surface area contributed by atoms with Crippen LogP contribution in [0.5, 0.6) is 0 Å². The van der Waals surface area contributed by atoms with Crippen LogP contribution in [0.25, 0.3) is 0 Å². The number of rotatable bonds is 4. The second-order valence-electron chi connectivity index (χ2n) is 4.50. The quantitative estimate of drug-likeness (QED) is 0.750. The number of nitrogens with zero attached hydrogens (tertiary/aromatic N) is 1. The Morgan fingerprint density at radius 2 is 2.20 bits per heavy atom. The lowest BCUT2D eigenvalue weighted by Crippen LogP contribution is -2.54. The molecular formula is C10H22N2O2S. The van der Waals surface area contributed by atoms with Gasteiger partial charge in [-0.2, -0.15) is 0 Å². The number of sulfone groups is 1. The summed E-state index contributed by atoms with van der Waals surface area (Å²) in [6, 6.07) is 0.650. The molecule has 0 saturated carbocycles. The largest absolute Gasteiger partial charge is 0.311 e. The molecule has 0 radical (unpaired) electrons. The molecule has 2 atom stereocenters. The van der Waals surface area contributed by atoms with E-state index >= 15 is 0 Å². The fourth-order valence-electron chi connectivity index (χ4n) is 2.07. The predicted octanol–water partition coefficient (Wildman–Crippen LogP) is 0.103. The molecule has 0 aromatic heterocycles. The summed E-state index contributed by atoms with van der Waals surface area (Å²) in [5, 5.41) is 3.43. The van der Waals surface area contributed by atoms with Crippen LogP contribution in [-0.4, -0.2) is 57.0 Å². The average Bonchev–Trinajstić information content (AvgIpc) is 2.15. The third-order valence-electron chi connectivity index (χ3n) is 2.95. The van der Waals surface area contributed by atoms with Gasteiger partial charge in [-0.05, 0) is 13.3 Å². The van der Waals surface area contributed by atoms with E-state index in [9.17, 15) is 8.42 Å². The van der Waals surface area contributed by atoms with Gasteiger partial charge in [0.15, 0.2) is 0 Å². The van der Waals surface area contributed by atoms with Crippen LogP contribution in [0.2, 0.25) is 0 Å². The molecule has 1 saturated heterocycles. The third kappa shape index (κ3) is 4.49. The van der Waals surface area contributed by atoms with Crippen molar-refractivity contribution in [2.75, 3.05) is 31.6 Å². The lowest BCUT2D eigenvalue weighted by molar-refractivity contribution is 0.161. The maximum atomic E-state index is 11.2. The molecule has 0 aromatic rings. The molecule has 90 valence electrons. The Kier molecular flexibility index (Phi) is 4.55. The van der Waals surface area contributed by atoms with Crippen molar-refractivity contribution in [2.24, 2.45) is 0 Å². The van der Waals surface area contributed by atoms with Gasteiger partial charge < -0.3 is 5.32 Å². The van der Waals surface area contributed by atoms with E-state index in [2.05, 4.69) is 17.1 Å². The van der Waals surface area contributed by atoms with Gasteiger partial charge in [0.1, 0.15) is 9.84 Å². The third-order valence-corrected chi connectivity index (χ3v) is 4.03. The van der Waals surface area contributed by atoms with E-state index in [-0.39, 0.29) is 11.8 Å². The Morgan fingerprint density at radius 3 is 2.73 bits per heavy atom. The molecule has 1 N–H and O–H groups in total. The first-order valence-electron chi connectivity index (χ1n) is 5.57. The molecule has 0 aliphatic carbocycles. The zero-order valence-corrected chi connectivity index (χ0v) is 10.7. The summed E-state index contributed by atoms with van der Waals surface area (Å²) in [7, 11) is -2.86. The summed E-state index contributed by atoms with van der Waals surface area (Å²) >= 11 is 0. The first-order valence-corrected chi connectivity index (χ1v) is 7.63. The number of hydrogen-bond acceptors (Lipinski definition) is 4. The minimum absolute atomic E-state index is 0.135. The maximum absolute atomic E-state index is 11.2. The molecule has 0 bridgehead atoms. The highest BCUT2D eigenvalue weighted by Crippen LogP contribution is 2.08. The zero-order valence-electron chi connectivity index (χ0n) is 9.86. The van der Waals surface area contributed by atoms with Gasteiger partial charge in [0.2, 0.25) is 0 Å². The van der Waals surface area contributed by atoms with Gasteiger partial charge in [-0.1, -0.05) is 6.92 Å². The molecule has 1 aliphatic rings. The van der Waals surface area contributed by atoms with Crippen molar-refractivity contribution >= 4 is 9.84 Å². The molecule has 15 heavy (non-hydrogen) atoms. The van der Waals surface area contributed by atoms with Gasteiger partial charge in [-0.15, -0.1) is 0 Å². The summed E-state index contributed by atoms with van der Waals surface area (Å²) in [5.41, 5.74) is 0. The van der Waals surface area contributed by atoms with Crippen LogP contribution in [0.3, 0.4) is 0 Å².